The summed E-state index contributed by atoms with van der Waals surface area (Å²) in [7, 11) is 0. The largest absolute Gasteiger partial charge is 0.342 e. The van der Waals surface area contributed by atoms with Gasteiger partial charge in [-0.2, -0.15) is 0 Å². The molecular weight excluding hydrogens is 332 g/mol. The molecule has 148 valence electrons. The second-order valence-corrected chi connectivity index (χ2v) is 12.2. The summed E-state index contributed by atoms with van der Waals surface area (Å²) in [6.07, 6.45) is 14.6. The SMILES string of the molecule is CC1(C)C2=C[C@@](C)(CC2)[C@]12CCC1(CC[C@]3(O1)C(C)(C)C1=C[C@@]3(C)CC1)O2. The van der Waals surface area contributed by atoms with Crippen molar-refractivity contribution in [1.82, 2.24) is 0 Å². The van der Waals surface area contributed by atoms with Crippen LogP contribution in [-0.2, 0) is 9.47 Å². The van der Waals surface area contributed by atoms with Crippen LogP contribution in [-0.4, -0.2) is 17.0 Å². The molecule has 2 heteroatoms. The van der Waals surface area contributed by atoms with Crippen LogP contribution in [0.3, 0.4) is 0 Å². The molecule has 27 heavy (non-hydrogen) atoms. The summed E-state index contributed by atoms with van der Waals surface area (Å²) in [5.74, 6) is -0.363. The molecule has 6 aliphatic rings. The van der Waals surface area contributed by atoms with Crippen LogP contribution in [0, 0.1) is 21.7 Å². The van der Waals surface area contributed by atoms with Gasteiger partial charge in [0.05, 0.1) is 11.2 Å². The Bertz CT molecular complexity index is 735. The summed E-state index contributed by atoms with van der Waals surface area (Å²) in [6, 6.07) is 0. The Morgan fingerprint density at radius 2 is 1.00 bits per heavy atom. The van der Waals surface area contributed by atoms with E-state index in [2.05, 4.69) is 53.7 Å². The van der Waals surface area contributed by atoms with Crippen molar-refractivity contribution in [2.45, 2.75) is 110 Å². The van der Waals surface area contributed by atoms with Crippen LogP contribution in [0.2, 0.25) is 0 Å². The van der Waals surface area contributed by atoms with Gasteiger partial charge in [0.2, 0.25) is 0 Å². The highest BCUT2D eigenvalue weighted by Crippen LogP contribution is 2.75. The van der Waals surface area contributed by atoms with E-state index >= 15 is 0 Å². The van der Waals surface area contributed by atoms with E-state index in [1.54, 1.807) is 11.1 Å². The maximum absolute atomic E-state index is 7.25. The minimum Gasteiger partial charge on any atom is -0.342 e. The Morgan fingerprint density at radius 3 is 1.33 bits per heavy atom. The number of hydrogen-bond donors (Lipinski definition) is 0. The van der Waals surface area contributed by atoms with Gasteiger partial charge in [-0.1, -0.05) is 64.8 Å². The van der Waals surface area contributed by atoms with Crippen LogP contribution >= 0.6 is 0 Å². The molecule has 0 N–H and O–H groups in total. The molecule has 2 nitrogen and oxygen atoms in total. The first kappa shape index (κ1) is 17.3. The first-order valence-corrected chi connectivity index (χ1v) is 11.3. The van der Waals surface area contributed by atoms with Crippen LogP contribution < -0.4 is 0 Å². The lowest BCUT2D eigenvalue weighted by Gasteiger charge is -2.54. The minimum atomic E-state index is -0.363. The molecule has 6 rings (SSSR count). The molecule has 0 radical (unpaired) electrons. The number of rotatable bonds is 0. The third-order valence-corrected chi connectivity index (χ3v) is 10.7. The zero-order valence-electron chi connectivity index (χ0n) is 18.1. The molecule has 2 aliphatic heterocycles. The van der Waals surface area contributed by atoms with Crippen molar-refractivity contribution in [3.05, 3.63) is 23.3 Å². The van der Waals surface area contributed by atoms with Crippen molar-refractivity contribution in [3.8, 4) is 0 Å². The highest BCUT2D eigenvalue weighted by Gasteiger charge is 2.76. The minimum absolute atomic E-state index is 0.0708. The monoisotopic (exact) mass is 368 g/mol. The summed E-state index contributed by atoms with van der Waals surface area (Å²) < 4.78 is 14.5. The predicted molar refractivity (Wildman–Crippen MR) is 107 cm³/mol. The van der Waals surface area contributed by atoms with E-state index in [-0.39, 0.29) is 38.6 Å². The molecule has 2 fully saturated rings. The fourth-order valence-corrected chi connectivity index (χ4v) is 8.92. The first-order chi connectivity index (χ1) is 12.5. The van der Waals surface area contributed by atoms with Crippen LogP contribution in [0.5, 0.6) is 0 Å². The molecule has 4 atom stereocenters. The highest BCUT2D eigenvalue weighted by atomic mass is 16.7. The molecule has 0 aromatic carbocycles. The lowest BCUT2D eigenvalue weighted by molar-refractivity contribution is -0.318. The van der Waals surface area contributed by atoms with Gasteiger partial charge in [0.25, 0.3) is 0 Å². The Hall–Kier alpha value is -0.600. The van der Waals surface area contributed by atoms with Crippen LogP contribution in [0.25, 0.3) is 0 Å². The van der Waals surface area contributed by atoms with Gasteiger partial charge >= 0.3 is 0 Å². The summed E-state index contributed by atoms with van der Waals surface area (Å²) in [5.41, 5.74) is 3.76. The quantitative estimate of drug-likeness (QED) is 0.466. The normalized spacial score (nSPS) is 52.5. The van der Waals surface area contributed by atoms with Crippen molar-refractivity contribution < 1.29 is 9.47 Å². The molecule has 2 saturated heterocycles. The molecule has 2 heterocycles. The van der Waals surface area contributed by atoms with E-state index in [0.717, 1.165) is 25.7 Å². The second-order valence-electron chi connectivity index (χ2n) is 12.2. The van der Waals surface area contributed by atoms with E-state index in [1.165, 1.54) is 25.7 Å². The summed E-state index contributed by atoms with van der Waals surface area (Å²) in [5, 5.41) is 0. The fraction of sp³-hybridized carbons (Fsp3) is 0.840. The third-order valence-electron chi connectivity index (χ3n) is 10.7. The summed E-state index contributed by atoms with van der Waals surface area (Å²) >= 11 is 0. The van der Waals surface area contributed by atoms with Crippen LogP contribution in [0.4, 0.5) is 0 Å². The van der Waals surface area contributed by atoms with Gasteiger partial charge in [0, 0.05) is 34.5 Å². The zero-order valence-corrected chi connectivity index (χ0v) is 18.1. The Labute approximate surface area is 164 Å². The highest BCUT2D eigenvalue weighted by molar-refractivity contribution is 5.42. The first-order valence-electron chi connectivity index (χ1n) is 11.3. The van der Waals surface area contributed by atoms with E-state index in [0.29, 0.717) is 0 Å². The standard InChI is InChI=1S/C25H36O2/c1-19(2)17-7-9-21(5,15-17)24(19)13-11-23(26-24)12-14-25(27-23)20(3,4)18-8-10-22(25,6)16-18/h15-16H,7-14H2,1-6H3/t21-,22-,23?,24+,25+/m1/s1. The molecule has 0 saturated carbocycles. The van der Waals surface area contributed by atoms with Crippen molar-refractivity contribution in [2.24, 2.45) is 21.7 Å². The molecule has 4 aliphatic carbocycles. The zero-order chi connectivity index (χ0) is 19.1. The van der Waals surface area contributed by atoms with Gasteiger partial charge in [-0.05, 0) is 38.5 Å². The summed E-state index contributed by atoms with van der Waals surface area (Å²) in [6.45, 7) is 14.6. The van der Waals surface area contributed by atoms with Crippen LogP contribution in [0.15, 0.2) is 23.3 Å². The van der Waals surface area contributed by atoms with Gasteiger partial charge in [-0.3, -0.25) is 0 Å². The van der Waals surface area contributed by atoms with E-state index < -0.39 is 0 Å². The van der Waals surface area contributed by atoms with Gasteiger partial charge in [-0.15, -0.1) is 0 Å². The molecular formula is C25H36O2. The topological polar surface area (TPSA) is 18.5 Å². The molecule has 3 spiro atoms. The molecule has 4 bridgehead atoms. The van der Waals surface area contributed by atoms with Gasteiger partial charge in [0.1, 0.15) is 0 Å². The number of hydrogen-bond acceptors (Lipinski definition) is 2. The fourth-order valence-electron chi connectivity index (χ4n) is 8.92. The Kier molecular flexibility index (Phi) is 2.74. The van der Waals surface area contributed by atoms with E-state index in [4.69, 9.17) is 9.47 Å². The predicted octanol–water partition coefficient (Wildman–Crippen LogP) is 6.31. The van der Waals surface area contributed by atoms with Crippen molar-refractivity contribution in [3.63, 3.8) is 0 Å². The van der Waals surface area contributed by atoms with Crippen molar-refractivity contribution in [2.75, 3.05) is 0 Å². The third kappa shape index (κ3) is 1.53. The van der Waals surface area contributed by atoms with Gasteiger partial charge in [0.15, 0.2) is 5.79 Å². The van der Waals surface area contributed by atoms with E-state index in [1.807, 2.05) is 0 Å². The number of fused-ring (bicyclic) bond motifs is 4. The lowest BCUT2D eigenvalue weighted by Crippen LogP contribution is -2.58. The number of ether oxygens (including phenoxy) is 2. The Balaban J connectivity index is 1.38. The van der Waals surface area contributed by atoms with Gasteiger partial charge < -0.3 is 9.47 Å². The molecule has 0 amide bonds. The maximum atomic E-state index is 7.25. The summed E-state index contributed by atoms with van der Waals surface area (Å²) in [4.78, 5) is 0. The van der Waals surface area contributed by atoms with Gasteiger partial charge in [-0.25, -0.2) is 0 Å². The average molecular weight is 369 g/mol. The Morgan fingerprint density at radius 1 is 0.593 bits per heavy atom. The van der Waals surface area contributed by atoms with Crippen molar-refractivity contribution >= 4 is 0 Å². The smallest absolute Gasteiger partial charge is 0.170 e. The maximum Gasteiger partial charge on any atom is 0.170 e. The molecule has 0 aromatic heterocycles. The molecule has 0 unspecified atom stereocenters. The lowest BCUT2D eigenvalue weighted by atomic mass is 9.58. The second kappa shape index (κ2) is 4.29. The molecule has 0 aromatic rings. The van der Waals surface area contributed by atoms with E-state index in [9.17, 15) is 0 Å². The van der Waals surface area contributed by atoms with Crippen molar-refractivity contribution in [1.29, 1.82) is 0 Å². The van der Waals surface area contributed by atoms with Crippen LogP contribution in [0.1, 0.15) is 92.9 Å². The average Bonchev–Trinajstić information content (AvgIpc) is 3.36.